The van der Waals surface area contributed by atoms with E-state index in [0.717, 1.165) is 22.3 Å². The van der Waals surface area contributed by atoms with Crippen molar-refractivity contribution in [2.45, 2.75) is 6.54 Å². The van der Waals surface area contributed by atoms with E-state index in [9.17, 15) is 14.9 Å². The van der Waals surface area contributed by atoms with Crippen molar-refractivity contribution in [1.82, 2.24) is 4.98 Å². The van der Waals surface area contributed by atoms with Crippen LogP contribution >= 0.6 is 15.9 Å². The molecule has 0 fully saturated rings. The molecule has 0 bridgehead atoms. The van der Waals surface area contributed by atoms with E-state index >= 15 is 0 Å². The molecule has 0 aliphatic carbocycles. The summed E-state index contributed by atoms with van der Waals surface area (Å²) in [4.78, 5) is 25.3. The fourth-order valence-corrected chi connectivity index (χ4v) is 1.93. The Labute approximate surface area is 128 Å². The van der Waals surface area contributed by atoms with Crippen LogP contribution in [0.15, 0.2) is 41.0 Å². The molecular weight excluding hydrogens is 340 g/mol. The van der Waals surface area contributed by atoms with Crippen LogP contribution in [0.1, 0.15) is 15.9 Å². The van der Waals surface area contributed by atoms with E-state index < -0.39 is 10.8 Å². The monoisotopic (exact) mass is 350 g/mol. The summed E-state index contributed by atoms with van der Waals surface area (Å²) in [6, 6.07) is 8.67. The normalized spacial score (nSPS) is 10.1. The highest BCUT2D eigenvalue weighted by Crippen LogP contribution is 2.19. The highest BCUT2D eigenvalue weighted by Gasteiger charge is 2.15. The van der Waals surface area contributed by atoms with Crippen molar-refractivity contribution in [3.05, 3.63) is 62.2 Å². The maximum absolute atomic E-state index is 11.4. The van der Waals surface area contributed by atoms with Crippen LogP contribution in [0.5, 0.6) is 0 Å². The molecule has 0 unspecified atom stereocenters. The minimum atomic E-state index is -0.774. The van der Waals surface area contributed by atoms with Gasteiger partial charge in [0.15, 0.2) is 0 Å². The average Bonchev–Trinajstić information content (AvgIpc) is 2.46. The van der Waals surface area contributed by atoms with Gasteiger partial charge in [-0.1, -0.05) is 28.1 Å². The number of aromatic nitrogens is 1. The van der Waals surface area contributed by atoms with Gasteiger partial charge in [0.25, 0.3) is 11.6 Å². The van der Waals surface area contributed by atoms with Gasteiger partial charge in [-0.2, -0.15) is 0 Å². The van der Waals surface area contributed by atoms with Gasteiger partial charge in [0.05, 0.1) is 10.5 Å². The molecule has 0 saturated carbocycles. The Balaban J connectivity index is 2.21. The van der Waals surface area contributed by atoms with Gasteiger partial charge >= 0.3 is 0 Å². The number of nitrogens with zero attached hydrogens (tertiary/aromatic N) is 2. The molecule has 0 atom stereocenters. The van der Waals surface area contributed by atoms with E-state index in [1.165, 1.54) is 0 Å². The maximum Gasteiger partial charge on any atom is 0.288 e. The SMILES string of the molecule is NC(=O)c1cc([N+](=O)[O-])cnc1NCc1ccc(Br)cc1. The molecule has 0 spiro atoms. The zero-order valence-corrected chi connectivity index (χ0v) is 12.3. The van der Waals surface area contributed by atoms with Crippen molar-refractivity contribution in [1.29, 1.82) is 0 Å². The molecule has 1 heterocycles. The molecular formula is C13H11BrN4O3. The number of rotatable bonds is 5. The highest BCUT2D eigenvalue weighted by molar-refractivity contribution is 9.10. The number of nitrogens with one attached hydrogen (secondary N) is 1. The molecule has 108 valence electrons. The second-order valence-electron chi connectivity index (χ2n) is 4.19. The van der Waals surface area contributed by atoms with Crippen molar-refractivity contribution < 1.29 is 9.72 Å². The van der Waals surface area contributed by atoms with Crippen LogP contribution in [0, 0.1) is 10.1 Å². The lowest BCUT2D eigenvalue weighted by molar-refractivity contribution is -0.385. The van der Waals surface area contributed by atoms with E-state index in [0.29, 0.717) is 6.54 Å². The molecule has 2 rings (SSSR count). The van der Waals surface area contributed by atoms with Crippen LogP contribution < -0.4 is 11.1 Å². The topological polar surface area (TPSA) is 111 Å². The van der Waals surface area contributed by atoms with Crippen LogP contribution in [0.3, 0.4) is 0 Å². The van der Waals surface area contributed by atoms with Crippen molar-refractivity contribution >= 4 is 33.3 Å². The maximum atomic E-state index is 11.4. The number of hydrogen-bond donors (Lipinski definition) is 2. The molecule has 1 amide bonds. The van der Waals surface area contributed by atoms with Crippen molar-refractivity contribution in [3.63, 3.8) is 0 Å². The van der Waals surface area contributed by atoms with E-state index in [2.05, 4.69) is 26.2 Å². The number of carbonyl (C=O) groups excluding carboxylic acids is 1. The van der Waals surface area contributed by atoms with Gasteiger partial charge in [-0.3, -0.25) is 14.9 Å². The van der Waals surface area contributed by atoms with E-state index in [1.54, 1.807) is 0 Å². The number of nitro groups is 1. The molecule has 8 heteroatoms. The van der Waals surface area contributed by atoms with Gasteiger partial charge < -0.3 is 11.1 Å². The Kier molecular flexibility index (Phi) is 4.49. The molecule has 1 aromatic heterocycles. The quantitative estimate of drug-likeness (QED) is 0.635. The van der Waals surface area contributed by atoms with E-state index in [1.807, 2.05) is 24.3 Å². The summed E-state index contributed by atoms with van der Waals surface area (Å²) in [6.45, 7) is 0.415. The third-order valence-electron chi connectivity index (χ3n) is 2.72. The number of benzene rings is 1. The summed E-state index contributed by atoms with van der Waals surface area (Å²) in [5.41, 5.74) is 5.90. The molecule has 0 aliphatic heterocycles. The molecule has 0 radical (unpaired) electrons. The minimum absolute atomic E-state index is 0.0127. The Morgan fingerprint density at radius 2 is 2.05 bits per heavy atom. The molecule has 7 nitrogen and oxygen atoms in total. The number of carbonyl (C=O) groups is 1. The average molecular weight is 351 g/mol. The summed E-state index contributed by atoms with van der Waals surface area (Å²) in [5, 5.41) is 13.6. The Hall–Kier alpha value is -2.48. The van der Waals surface area contributed by atoms with Crippen molar-refractivity contribution in [3.8, 4) is 0 Å². The lowest BCUT2D eigenvalue weighted by atomic mass is 10.2. The smallest absolute Gasteiger partial charge is 0.288 e. The fourth-order valence-electron chi connectivity index (χ4n) is 1.67. The van der Waals surface area contributed by atoms with Crippen LogP contribution in [-0.2, 0) is 6.54 Å². The zero-order chi connectivity index (χ0) is 15.4. The van der Waals surface area contributed by atoms with Crippen molar-refractivity contribution in [2.75, 3.05) is 5.32 Å². The molecule has 21 heavy (non-hydrogen) atoms. The van der Waals surface area contributed by atoms with Gasteiger partial charge in [0, 0.05) is 17.1 Å². The Morgan fingerprint density at radius 3 is 2.62 bits per heavy atom. The summed E-state index contributed by atoms with van der Waals surface area (Å²) < 4.78 is 0.956. The van der Waals surface area contributed by atoms with Gasteiger partial charge in [-0.25, -0.2) is 4.98 Å². The molecule has 2 aromatic rings. The number of halogens is 1. The van der Waals surface area contributed by atoms with Gasteiger partial charge in [0.1, 0.15) is 12.0 Å². The number of pyridine rings is 1. The van der Waals surface area contributed by atoms with E-state index in [-0.39, 0.29) is 17.1 Å². The number of hydrogen-bond acceptors (Lipinski definition) is 5. The Morgan fingerprint density at radius 1 is 1.38 bits per heavy atom. The van der Waals surface area contributed by atoms with Crippen LogP contribution in [0.2, 0.25) is 0 Å². The lowest BCUT2D eigenvalue weighted by Crippen LogP contribution is -2.16. The van der Waals surface area contributed by atoms with Gasteiger partial charge in [-0.15, -0.1) is 0 Å². The number of nitrogens with two attached hydrogens (primary N) is 1. The highest BCUT2D eigenvalue weighted by atomic mass is 79.9. The Bertz CT molecular complexity index is 688. The second kappa shape index (κ2) is 6.31. The number of primary amides is 1. The number of amides is 1. The lowest BCUT2D eigenvalue weighted by Gasteiger charge is -2.09. The summed E-state index contributed by atoms with van der Waals surface area (Å²) >= 11 is 3.34. The third kappa shape index (κ3) is 3.76. The van der Waals surface area contributed by atoms with Crippen LogP contribution in [0.25, 0.3) is 0 Å². The number of anilines is 1. The molecule has 0 saturated heterocycles. The zero-order valence-electron chi connectivity index (χ0n) is 10.7. The third-order valence-corrected chi connectivity index (χ3v) is 3.25. The molecule has 1 aromatic carbocycles. The summed E-state index contributed by atoms with van der Waals surface area (Å²) in [6.07, 6.45) is 1.08. The van der Waals surface area contributed by atoms with Crippen molar-refractivity contribution in [2.24, 2.45) is 5.73 Å². The first-order valence-corrected chi connectivity index (χ1v) is 6.69. The first-order chi connectivity index (χ1) is 9.97. The summed E-state index contributed by atoms with van der Waals surface area (Å²) in [7, 11) is 0. The van der Waals surface area contributed by atoms with Crippen LogP contribution in [-0.4, -0.2) is 15.8 Å². The first-order valence-electron chi connectivity index (χ1n) is 5.90. The van der Waals surface area contributed by atoms with E-state index in [4.69, 9.17) is 5.73 Å². The second-order valence-corrected chi connectivity index (χ2v) is 5.11. The summed E-state index contributed by atoms with van der Waals surface area (Å²) in [5.74, 6) is -0.555. The van der Waals surface area contributed by atoms with Gasteiger partial charge in [0.2, 0.25) is 0 Å². The largest absolute Gasteiger partial charge is 0.365 e. The molecule has 3 N–H and O–H groups in total. The predicted octanol–water partition coefficient (Wildman–Crippen LogP) is 2.46. The minimum Gasteiger partial charge on any atom is -0.365 e. The first kappa shape index (κ1) is 14.9. The fraction of sp³-hybridized carbons (Fsp3) is 0.0769. The van der Waals surface area contributed by atoms with Crippen LogP contribution in [0.4, 0.5) is 11.5 Å². The standard InChI is InChI=1S/C13H11BrN4O3/c14-9-3-1-8(2-4-9)6-16-13-11(12(15)19)5-10(7-17-13)18(20)21/h1-5,7H,6H2,(H2,15,19)(H,16,17). The predicted molar refractivity (Wildman–Crippen MR) is 80.9 cm³/mol. The van der Waals surface area contributed by atoms with Gasteiger partial charge in [-0.05, 0) is 17.7 Å². The molecule has 0 aliphatic rings.